The third-order valence-electron chi connectivity index (χ3n) is 4.84. The van der Waals surface area contributed by atoms with Gasteiger partial charge in [-0.15, -0.1) is 5.21 Å². The second-order valence-corrected chi connectivity index (χ2v) is 21.4. The molecular weight excluding hydrogens is 597 g/mol. The summed E-state index contributed by atoms with van der Waals surface area (Å²) in [6.07, 6.45) is 1.76. The van der Waals surface area contributed by atoms with Gasteiger partial charge in [-0.3, -0.25) is 0 Å². The Bertz CT molecular complexity index is 813. The van der Waals surface area contributed by atoms with Gasteiger partial charge in [0.05, 0.1) is 0 Å². The third-order valence-corrected chi connectivity index (χ3v) is 21.8. The Hall–Kier alpha value is 2.02. The molecule has 5 heterocycles. The van der Waals surface area contributed by atoms with E-state index in [1.54, 1.807) is 11.8 Å². The quantitative estimate of drug-likeness (QED) is 0.264. The average molecular weight is 617 g/mol. The SMILES string of the molecule is CC1(C)CC(=C2SC3=C(S2)SC(=C2SC4=C(S2)[Se]CC[Se]4)S3)CC(C)(C)N1[O]. The van der Waals surface area contributed by atoms with Crippen molar-refractivity contribution in [3.63, 3.8) is 0 Å². The van der Waals surface area contributed by atoms with Gasteiger partial charge in [0.15, 0.2) is 0 Å². The van der Waals surface area contributed by atoms with Crippen molar-refractivity contribution in [1.29, 1.82) is 0 Å². The first kappa shape index (κ1) is 21.8. The average Bonchev–Trinajstić information content (AvgIpc) is 3.30. The van der Waals surface area contributed by atoms with E-state index in [0.29, 0.717) is 0 Å². The van der Waals surface area contributed by atoms with Crippen molar-refractivity contribution in [1.82, 2.24) is 5.06 Å². The molecule has 0 aromatic heterocycles. The molecule has 1 radical (unpaired) electrons. The van der Waals surface area contributed by atoms with Gasteiger partial charge in [0.25, 0.3) is 0 Å². The van der Waals surface area contributed by atoms with Crippen LogP contribution in [0.1, 0.15) is 40.5 Å². The molecule has 10 heteroatoms. The summed E-state index contributed by atoms with van der Waals surface area (Å²) in [6, 6.07) is 0. The van der Waals surface area contributed by atoms with E-state index in [4.69, 9.17) is 0 Å². The fourth-order valence-corrected chi connectivity index (χ4v) is 21.8. The molecule has 0 aliphatic carbocycles. The first-order valence-corrected chi connectivity index (χ1v) is 18.0. The molecule has 0 atom stereocenters. The molecule has 0 N–H and O–H groups in total. The Labute approximate surface area is 205 Å². The minimum Gasteiger partial charge on any atom is -0.120 e. The fourth-order valence-electron chi connectivity index (χ4n) is 3.83. The van der Waals surface area contributed by atoms with Gasteiger partial charge >= 0.3 is 202 Å². The van der Waals surface area contributed by atoms with E-state index in [1.807, 2.05) is 47.0 Å². The van der Waals surface area contributed by atoms with E-state index in [1.165, 1.54) is 38.2 Å². The van der Waals surface area contributed by atoms with Crippen LogP contribution in [-0.4, -0.2) is 46.1 Å². The van der Waals surface area contributed by atoms with Crippen molar-refractivity contribution in [3.05, 3.63) is 34.4 Å². The number of hydrogen-bond acceptors (Lipinski definition) is 7. The maximum atomic E-state index is 12.7. The van der Waals surface area contributed by atoms with Crippen molar-refractivity contribution in [2.75, 3.05) is 0 Å². The molecule has 28 heavy (non-hydrogen) atoms. The van der Waals surface area contributed by atoms with Gasteiger partial charge in [-0.2, -0.15) is 0 Å². The first-order chi connectivity index (χ1) is 13.2. The Morgan fingerprint density at radius 1 is 0.679 bits per heavy atom. The molecule has 5 aliphatic heterocycles. The number of thioether (sulfide) groups is 6. The van der Waals surface area contributed by atoms with Gasteiger partial charge in [-0.05, 0) is 0 Å². The van der Waals surface area contributed by atoms with Crippen LogP contribution < -0.4 is 0 Å². The zero-order chi connectivity index (χ0) is 19.7. The fraction of sp³-hybridized carbons (Fsp3) is 0.556. The van der Waals surface area contributed by atoms with Gasteiger partial charge in [0, 0.05) is 0 Å². The Balaban J connectivity index is 1.31. The second-order valence-electron chi connectivity index (χ2n) is 8.20. The van der Waals surface area contributed by atoms with Crippen LogP contribution in [-0.2, 0) is 5.21 Å². The van der Waals surface area contributed by atoms with Crippen LogP contribution in [0.5, 0.6) is 0 Å². The van der Waals surface area contributed by atoms with Gasteiger partial charge in [0.1, 0.15) is 0 Å². The minimum atomic E-state index is -0.322. The van der Waals surface area contributed by atoms with Crippen LogP contribution in [0.15, 0.2) is 34.4 Å². The molecule has 0 aromatic carbocycles. The summed E-state index contributed by atoms with van der Waals surface area (Å²) >= 11 is 13.6. The van der Waals surface area contributed by atoms with Crippen molar-refractivity contribution >= 4 is 100 Å². The minimum absolute atomic E-state index is 0.322. The summed E-state index contributed by atoms with van der Waals surface area (Å²) in [5, 5.41) is 16.9. The molecular formula is C18H20NOS6Se2. The zero-order valence-electron chi connectivity index (χ0n) is 15.9. The molecule has 0 saturated carbocycles. The molecule has 5 aliphatic rings. The summed E-state index contributed by atoms with van der Waals surface area (Å²) in [4.78, 5) is 0. The van der Waals surface area contributed by atoms with Crippen LogP contribution in [0, 0.1) is 0 Å². The summed E-state index contributed by atoms with van der Waals surface area (Å²) in [5.41, 5.74) is 0.836. The Morgan fingerprint density at radius 2 is 1.07 bits per heavy atom. The standard InChI is InChI=1S/C18H20NOS6Se2/c1-17(2)7-9(8-18(3,4)19(17)20)10-21-11-12(22-10)24-13(23-11)14-25-15-16(26-14)28-6-5-27-15/h5-8H2,1-4H3. The van der Waals surface area contributed by atoms with Gasteiger partial charge in [-0.25, -0.2) is 0 Å². The van der Waals surface area contributed by atoms with Crippen LogP contribution in [0.2, 0.25) is 10.6 Å². The summed E-state index contributed by atoms with van der Waals surface area (Å²) in [5.74, 6) is 0. The number of rotatable bonds is 0. The molecule has 5 rings (SSSR count). The topological polar surface area (TPSA) is 23.1 Å². The molecule has 151 valence electrons. The van der Waals surface area contributed by atoms with E-state index < -0.39 is 0 Å². The van der Waals surface area contributed by atoms with Crippen LogP contribution in [0.4, 0.5) is 0 Å². The molecule has 1 saturated heterocycles. The third kappa shape index (κ3) is 4.06. The van der Waals surface area contributed by atoms with Crippen LogP contribution in [0.3, 0.4) is 0 Å². The molecule has 0 bridgehead atoms. The van der Waals surface area contributed by atoms with E-state index in [9.17, 15) is 5.21 Å². The molecule has 2 nitrogen and oxygen atoms in total. The smallest absolute Gasteiger partial charge is 0.120 e. The number of nitrogens with zero attached hydrogens (tertiary/aromatic N) is 1. The zero-order valence-corrected chi connectivity index (χ0v) is 24.3. The molecule has 0 aromatic rings. The van der Waals surface area contributed by atoms with Crippen LogP contribution in [0.25, 0.3) is 0 Å². The van der Waals surface area contributed by atoms with E-state index in [2.05, 4.69) is 51.2 Å². The van der Waals surface area contributed by atoms with Crippen LogP contribution >= 0.6 is 70.6 Å². The molecule has 0 spiro atoms. The van der Waals surface area contributed by atoms with Crippen molar-refractivity contribution in [2.24, 2.45) is 0 Å². The van der Waals surface area contributed by atoms with Gasteiger partial charge < -0.3 is 0 Å². The van der Waals surface area contributed by atoms with E-state index in [0.717, 1.165) is 42.8 Å². The number of piperidine rings is 1. The molecule has 1 fully saturated rings. The molecule has 0 amide bonds. The maximum absolute atomic E-state index is 12.7. The van der Waals surface area contributed by atoms with E-state index in [-0.39, 0.29) is 11.1 Å². The summed E-state index contributed by atoms with van der Waals surface area (Å²) in [7, 11) is 0. The van der Waals surface area contributed by atoms with Crippen molar-refractivity contribution in [3.8, 4) is 0 Å². The predicted octanol–water partition coefficient (Wildman–Crippen LogP) is 7.27. The van der Waals surface area contributed by atoms with Gasteiger partial charge in [0.2, 0.25) is 0 Å². The second kappa shape index (κ2) is 8.10. The number of hydrogen-bond donors (Lipinski definition) is 0. The summed E-state index contributed by atoms with van der Waals surface area (Å²) in [6.45, 7) is 8.35. The normalized spacial score (nSPS) is 29.9. The monoisotopic (exact) mass is 618 g/mol. The van der Waals surface area contributed by atoms with Crippen molar-refractivity contribution < 1.29 is 5.21 Å². The Kier molecular flexibility index (Phi) is 6.32. The number of hydroxylamine groups is 2. The van der Waals surface area contributed by atoms with E-state index >= 15 is 0 Å². The van der Waals surface area contributed by atoms with Crippen molar-refractivity contribution in [2.45, 2.75) is 62.3 Å². The molecule has 0 unspecified atom stereocenters. The Morgan fingerprint density at radius 3 is 1.54 bits per heavy atom. The first-order valence-electron chi connectivity index (χ1n) is 8.98. The van der Waals surface area contributed by atoms with Gasteiger partial charge in [-0.1, -0.05) is 0 Å². The summed E-state index contributed by atoms with van der Waals surface area (Å²) < 4.78 is 10.9. The predicted molar refractivity (Wildman–Crippen MR) is 135 cm³/mol.